The molecule has 1 unspecified atom stereocenters. The zero-order valence-electron chi connectivity index (χ0n) is 9.09. The highest BCUT2D eigenvalue weighted by Gasteiger charge is 2.14. The molecular formula is C12H16BrClO. The molecule has 1 atom stereocenters. The van der Waals surface area contributed by atoms with Gasteiger partial charge in [0.1, 0.15) is 5.75 Å². The fraction of sp³-hybridized carbons (Fsp3) is 0.500. The summed E-state index contributed by atoms with van der Waals surface area (Å²) in [5, 5.41) is 0. The van der Waals surface area contributed by atoms with Gasteiger partial charge in [0.05, 0.1) is 7.11 Å². The molecule has 0 radical (unpaired) electrons. The third kappa shape index (κ3) is 3.39. The van der Waals surface area contributed by atoms with E-state index in [2.05, 4.69) is 28.9 Å². The first-order valence-corrected chi connectivity index (χ1v) is 6.45. The summed E-state index contributed by atoms with van der Waals surface area (Å²) in [6.07, 6.45) is 2.23. The molecule has 0 saturated heterocycles. The number of hydrogen-bond donors (Lipinski definition) is 0. The largest absolute Gasteiger partial charge is 0.496 e. The Balaban J connectivity index is 3.02. The van der Waals surface area contributed by atoms with Gasteiger partial charge in [0.15, 0.2) is 0 Å². The fourth-order valence-electron chi connectivity index (χ4n) is 1.69. The van der Waals surface area contributed by atoms with Crippen molar-refractivity contribution in [1.29, 1.82) is 0 Å². The van der Waals surface area contributed by atoms with Crippen LogP contribution in [0.1, 0.15) is 31.2 Å². The van der Waals surface area contributed by atoms with E-state index in [1.807, 2.05) is 12.1 Å². The summed E-state index contributed by atoms with van der Waals surface area (Å²) in [6, 6.07) is 6.07. The summed E-state index contributed by atoms with van der Waals surface area (Å²) in [7, 11) is 1.70. The van der Waals surface area contributed by atoms with Crippen LogP contribution in [0.3, 0.4) is 0 Å². The van der Waals surface area contributed by atoms with Gasteiger partial charge in [-0.25, -0.2) is 0 Å². The minimum Gasteiger partial charge on any atom is -0.496 e. The van der Waals surface area contributed by atoms with Gasteiger partial charge in [0.2, 0.25) is 0 Å². The molecule has 84 valence electrons. The lowest BCUT2D eigenvalue weighted by Crippen LogP contribution is -2.03. The molecule has 1 nitrogen and oxygen atoms in total. The Morgan fingerprint density at radius 3 is 2.73 bits per heavy atom. The third-order valence-electron chi connectivity index (χ3n) is 2.45. The predicted octanol–water partition coefficient (Wildman–Crippen LogP) is 4.58. The average Bonchev–Trinajstić information content (AvgIpc) is 2.26. The van der Waals surface area contributed by atoms with E-state index in [1.54, 1.807) is 7.11 Å². The molecule has 0 N–H and O–H groups in total. The van der Waals surface area contributed by atoms with E-state index in [9.17, 15) is 0 Å². The molecule has 0 bridgehead atoms. The summed E-state index contributed by atoms with van der Waals surface area (Å²) >= 11 is 9.47. The van der Waals surface area contributed by atoms with Crippen LogP contribution in [-0.4, -0.2) is 13.0 Å². The zero-order chi connectivity index (χ0) is 11.3. The molecule has 0 aliphatic carbocycles. The van der Waals surface area contributed by atoms with Gasteiger partial charge in [0, 0.05) is 16.3 Å². The van der Waals surface area contributed by atoms with Gasteiger partial charge in [-0.05, 0) is 30.2 Å². The van der Waals surface area contributed by atoms with Gasteiger partial charge in [-0.3, -0.25) is 0 Å². The lowest BCUT2D eigenvalue weighted by Gasteiger charge is -2.17. The van der Waals surface area contributed by atoms with E-state index in [0.29, 0.717) is 11.8 Å². The minimum absolute atomic E-state index is 0.379. The molecular weight excluding hydrogens is 275 g/mol. The first-order valence-electron chi connectivity index (χ1n) is 5.12. The summed E-state index contributed by atoms with van der Waals surface area (Å²) in [6.45, 7) is 2.17. The summed E-state index contributed by atoms with van der Waals surface area (Å²) < 4.78 is 6.42. The molecule has 3 heteroatoms. The highest BCUT2D eigenvalue weighted by molar-refractivity contribution is 9.10. The second kappa shape index (κ2) is 6.39. The number of methoxy groups -OCH3 is 1. The molecule has 0 heterocycles. The van der Waals surface area contributed by atoms with E-state index in [4.69, 9.17) is 16.3 Å². The van der Waals surface area contributed by atoms with E-state index in [1.165, 1.54) is 5.56 Å². The first-order chi connectivity index (χ1) is 7.22. The van der Waals surface area contributed by atoms with Gasteiger partial charge in [-0.1, -0.05) is 29.3 Å². The van der Waals surface area contributed by atoms with Crippen LogP contribution >= 0.6 is 27.5 Å². The number of alkyl halides is 1. The average molecular weight is 292 g/mol. The smallest absolute Gasteiger partial charge is 0.122 e. The van der Waals surface area contributed by atoms with Crippen molar-refractivity contribution in [1.82, 2.24) is 0 Å². The predicted molar refractivity (Wildman–Crippen MR) is 69.1 cm³/mol. The summed E-state index contributed by atoms with van der Waals surface area (Å²) in [4.78, 5) is 0. The monoisotopic (exact) mass is 290 g/mol. The number of benzene rings is 1. The fourth-order valence-corrected chi connectivity index (χ4v) is 2.39. The maximum Gasteiger partial charge on any atom is 0.122 e. The Hall–Kier alpha value is -0.210. The van der Waals surface area contributed by atoms with Crippen LogP contribution in [0.4, 0.5) is 0 Å². The molecule has 0 fully saturated rings. The van der Waals surface area contributed by atoms with Crippen LogP contribution in [0.5, 0.6) is 5.75 Å². The Bertz CT molecular complexity index is 314. The van der Waals surface area contributed by atoms with Crippen LogP contribution in [0.15, 0.2) is 22.7 Å². The van der Waals surface area contributed by atoms with E-state index in [0.717, 1.165) is 23.1 Å². The Morgan fingerprint density at radius 1 is 1.47 bits per heavy atom. The number of halogens is 2. The second-order valence-electron chi connectivity index (χ2n) is 3.53. The van der Waals surface area contributed by atoms with E-state index < -0.39 is 0 Å². The quantitative estimate of drug-likeness (QED) is 0.722. The number of rotatable bonds is 5. The SMILES string of the molecule is CCCC(CCl)c1cc(Br)ccc1OC. The molecule has 1 aromatic carbocycles. The Morgan fingerprint density at radius 2 is 2.20 bits per heavy atom. The maximum atomic E-state index is 5.99. The zero-order valence-corrected chi connectivity index (χ0v) is 11.4. The van der Waals surface area contributed by atoms with Crippen molar-refractivity contribution in [3.63, 3.8) is 0 Å². The van der Waals surface area contributed by atoms with Gasteiger partial charge >= 0.3 is 0 Å². The maximum absolute atomic E-state index is 5.99. The minimum atomic E-state index is 0.379. The summed E-state index contributed by atoms with van der Waals surface area (Å²) in [5.41, 5.74) is 1.20. The van der Waals surface area contributed by atoms with Crippen LogP contribution in [-0.2, 0) is 0 Å². The molecule has 0 amide bonds. The Kier molecular flexibility index (Phi) is 5.48. The normalized spacial score (nSPS) is 12.5. The van der Waals surface area contributed by atoms with Crippen LogP contribution in [0, 0.1) is 0 Å². The third-order valence-corrected chi connectivity index (χ3v) is 3.32. The molecule has 1 aromatic rings. The van der Waals surface area contributed by atoms with Crippen molar-refractivity contribution in [3.05, 3.63) is 28.2 Å². The number of ether oxygens (including phenoxy) is 1. The van der Waals surface area contributed by atoms with E-state index in [-0.39, 0.29) is 0 Å². The van der Waals surface area contributed by atoms with Gasteiger partial charge in [-0.15, -0.1) is 11.6 Å². The van der Waals surface area contributed by atoms with Crippen LogP contribution in [0.25, 0.3) is 0 Å². The molecule has 0 aliphatic rings. The van der Waals surface area contributed by atoms with Crippen LogP contribution < -0.4 is 4.74 Å². The molecule has 0 spiro atoms. The highest BCUT2D eigenvalue weighted by atomic mass is 79.9. The van der Waals surface area contributed by atoms with E-state index >= 15 is 0 Å². The second-order valence-corrected chi connectivity index (χ2v) is 4.75. The molecule has 15 heavy (non-hydrogen) atoms. The van der Waals surface area contributed by atoms with Crippen LogP contribution in [0.2, 0.25) is 0 Å². The lowest BCUT2D eigenvalue weighted by molar-refractivity contribution is 0.405. The number of hydrogen-bond acceptors (Lipinski definition) is 1. The first kappa shape index (κ1) is 12.9. The van der Waals surface area contributed by atoms with Crippen molar-refractivity contribution in [2.24, 2.45) is 0 Å². The lowest BCUT2D eigenvalue weighted by atomic mass is 9.95. The Labute approximate surface area is 105 Å². The van der Waals surface area contributed by atoms with Crippen molar-refractivity contribution < 1.29 is 4.74 Å². The molecule has 1 rings (SSSR count). The summed E-state index contributed by atoms with van der Waals surface area (Å²) in [5.74, 6) is 1.95. The standard InChI is InChI=1S/C12H16BrClO/c1-3-4-9(8-14)11-7-10(13)5-6-12(11)15-2/h5-7,9H,3-4,8H2,1-2H3. The molecule has 0 aliphatic heterocycles. The topological polar surface area (TPSA) is 9.23 Å². The van der Waals surface area contributed by atoms with Gasteiger partial charge in [0.25, 0.3) is 0 Å². The van der Waals surface area contributed by atoms with Crippen molar-refractivity contribution in [2.45, 2.75) is 25.7 Å². The highest BCUT2D eigenvalue weighted by Crippen LogP contribution is 2.33. The van der Waals surface area contributed by atoms with Crippen molar-refractivity contribution in [3.8, 4) is 5.75 Å². The van der Waals surface area contributed by atoms with Crippen molar-refractivity contribution in [2.75, 3.05) is 13.0 Å². The van der Waals surface area contributed by atoms with Gasteiger partial charge in [-0.2, -0.15) is 0 Å². The van der Waals surface area contributed by atoms with Crippen molar-refractivity contribution >= 4 is 27.5 Å². The van der Waals surface area contributed by atoms with Gasteiger partial charge < -0.3 is 4.74 Å². The molecule has 0 aromatic heterocycles. The molecule has 0 saturated carbocycles.